The quantitative estimate of drug-likeness (QED) is 0.750. The van der Waals surface area contributed by atoms with Crippen molar-refractivity contribution in [2.24, 2.45) is 5.92 Å². The summed E-state index contributed by atoms with van der Waals surface area (Å²) in [6, 6.07) is 4.61. The van der Waals surface area contributed by atoms with Gasteiger partial charge in [-0.3, -0.25) is 14.9 Å². The number of carbonyl (C=O) groups excluding carboxylic acids is 1. The number of aliphatic carboxylic acids is 1. The number of carboxylic acids is 1. The molecule has 0 aromatic heterocycles. The fraction of sp³-hybridized carbons (Fsp3) is 0.429. The molecule has 108 valence electrons. The summed E-state index contributed by atoms with van der Waals surface area (Å²) in [4.78, 5) is 22.8. The monoisotopic (exact) mass is 296 g/mol. The van der Waals surface area contributed by atoms with E-state index in [1.807, 2.05) is 13.0 Å². The molecule has 0 spiro atoms. The van der Waals surface area contributed by atoms with Gasteiger partial charge in [0.15, 0.2) is 0 Å². The molecular weight excluding hydrogens is 280 g/mol. The van der Waals surface area contributed by atoms with Gasteiger partial charge in [-0.2, -0.15) is 0 Å². The van der Waals surface area contributed by atoms with Crippen LogP contribution < -0.4 is 10.6 Å². The van der Waals surface area contributed by atoms with Gasteiger partial charge < -0.3 is 10.4 Å². The van der Waals surface area contributed by atoms with Crippen LogP contribution in [0.3, 0.4) is 0 Å². The predicted octanol–water partition coefficient (Wildman–Crippen LogP) is 2.04. The van der Waals surface area contributed by atoms with Crippen molar-refractivity contribution in [3.05, 3.63) is 28.8 Å². The van der Waals surface area contributed by atoms with Crippen molar-refractivity contribution in [3.8, 4) is 0 Å². The highest BCUT2D eigenvalue weighted by molar-refractivity contribution is 6.31. The van der Waals surface area contributed by atoms with E-state index in [2.05, 4.69) is 10.6 Å². The topological polar surface area (TPSA) is 78.4 Å². The molecule has 0 bridgehead atoms. The number of amides is 1. The van der Waals surface area contributed by atoms with Gasteiger partial charge in [0, 0.05) is 10.7 Å². The Morgan fingerprint density at radius 2 is 2.15 bits per heavy atom. The lowest BCUT2D eigenvalue weighted by Gasteiger charge is -2.13. The molecule has 1 aromatic carbocycles. The van der Waals surface area contributed by atoms with Crippen molar-refractivity contribution < 1.29 is 14.7 Å². The third-order valence-corrected chi connectivity index (χ3v) is 3.70. The number of halogens is 1. The Kier molecular flexibility index (Phi) is 4.62. The van der Waals surface area contributed by atoms with E-state index in [1.54, 1.807) is 12.1 Å². The van der Waals surface area contributed by atoms with Gasteiger partial charge in [-0.15, -0.1) is 0 Å². The number of anilines is 1. The molecule has 1 saturated carbocycles. The second-order valence-corrected chi connectivity index (χ2v) is 5.45. The Bertz CT molecular complexity index is 529. The third kappa shape index (κ3) is 3.95. The third-order valence-electron chi connectivity index (χ3n) is 3.30. The van der Waals surface area contributed by atoms with Crippen molar-refractivity contribution in [2.75, 3.05) is 11.9 Å². The van der Waals surface area contributed by atoms with Crippen LogP contribution in [0.5, 0.6) is 0 Å². The molecule has 1 aromatic rings. The number of carboxylic acid groups (broad SMARTS) is 1. The van der Waals surface area contributed by atoms with E-state index in [4.69, 9.17) is 16.7 Å². The highest BCUT2D eigenvalue weighted by Gasteiger charge is 2.36. The van der Waals surface area contributed by atoms with Gasteiger partial charge >= 0.3 is 5.97 Å². The first kappa shape index (κ1) is 14.8. The first-order valence-electron chi connectivity index (χ1n) is 6.49. The summed E-state index contributed by atoms with van der Waals surface area (Å²) in [5.74, 6) is -1.04. The Morgan fingerprint density at radius 1 is 1.45 bits per heavy atom. The number of aryl methyl sites for hydroxylation is 1. The molecule has 2 rings (SSSR count). The summed E-state index contributed by atoms with van der Waals surface area (Å²) in [5, 5.41) is 15.1. The highest BCUT2D eigenvalue weighted by Crippen LogP contribution is 2.32. The number of carbonyl (C=O) groups is 2. The van der Waals surface area contributed by atoms with Crippen LogP contribution in [-0.2, 0) is 9.59 Å². The molecule has 0 heterocycles. The van der Waals surface area contributed by atoms with Gasteiger partial charge in [-0.05, 0) is 43.4 Å². The van der Waals surface area contributed by atoms with Crippen LogP contribution in [0.1, 0.15) is 18.4 Å². The van der Waals surface area contributed by atoms with Gasteiger partial charge in [0.25, 0.3) is 0 Å². The Hall–Kier alpha value is -1.59. The van der Waals surface area contributed by atoms with Gasteiger partial charge in [0.05, 0.1) is 6.54 Å². The van der Waals surface area contributed by atoms with Crippen LogP contribution in [-0.4, -0.2) is 29.6 Å². The Balaban J connectivity index is 1.85. The standard InChI is InChI=1S/C14H17ClN2O3/c1-8-2-5-10(6-11(8)15)17-12(18)7-16-13(14(19)20)9-3-4-9/h2,5-6,9,13,16H,3-4,7H2,1H3,(H,17,18)(H,19,20). The van der Waals surface area contributed by atoms with Crippen LogP contribution in [0.25, 0.3) is 0 Å². The van der Waals surface area contributed by atoms with E-state index in [0.29, 0.717) is 10.7 Å². The van der Waals surface area contributed by atoms with Gasteiger partial charge in [0.1, 0.15) is 6.04 Å². The lowest BCUT2D eigenvalue weighted by atomic mass is 10.2. The van der Waals surface area contributed by atoms with Crippen molar-refractivity contribution in [1.29, 1.82) is 0 Å². The fourth-order valence-electron chi connectivity index (χ4n) is 1.96. The fourth-order valence-corrected chi connectivity index (χ4v) is 2.14. The minimum Gasteiger partial charge on any atom is -0.480 e. The number of hydrogen-bond donors (Lipinski definition) is 3. The predicted molar refractivity (Wildman–Crippen MR) is 77.0 cm³/mol. The van der Waals surface area contributed by atoms with E-state index in [-0.39, 0.29) is 18.4 Å². The van der Waals surface area contributed by atoms with Crippen molar-refractivity contribution in [1.82, 2.24) is 5.32 Å². The molecule has 0 aliphatic heterocycles. The van der Waals surface area contributed by atoms with Gasteiger partial charge in [-0.25, -0.2) is 0 Å². The van der Waals surface area contributed by atoms with E-state index < -0.39 is 12.0 Å². The molecule has 1 fully saturated rings. The van der Waals surface area contributed by atoms with E-state index >= 15 is 0 Å². The molecule has 1 atom stereocenters. The highest BCUT2D eigenvalue weighted by atomic mass is 35.5. The maximum absolute atomic E-state index is 11.8. The first-order valence-corrected chi connectivity index (χ1v) is 6.87. The van der Waals surface area contributed by atoms with Gasteiger partial charge in [-0.1, -0.05) is 17.7 Å². The smallest absolute Gasteiger partial charge is 0.320 e. The van der Waals surface area contributed by atoms with E-state index in [0.717, 1.165) is 18.4 Å². The first-order chi connectivity index (χ1) is 9.47. The van der Waals surface area contributed by atoms with Crippen LogP contribution >= 0.6 is 11.6 Å². The van der Waals surface area contributed by atoms with E-state index in [9.17, 15) is 9.59 Å². The molecule has 0 radical (unpaired) electrons. The zero-order chi connectivity index (χ0) is 14.7. The molecule has 1 amide bonds. The summed E-state index contributed by atoms with van der Waals surface area (Å²) < 4.78 is 0. The Morgan fingerprint density at radius 3 is 2.70 bits per heavy atom. The minimum absolute atomic E-state index is 0.0288. The number of hydrogen-bond acceptors (Lipinski definition) is 3. The average molecular weight is 297 g/mol. The summed E-state index contributed by atoms with van der Waals surface area (Å²) in [6.07, 6.45) is 1.80. The van der Waals surface area contributed by atoms with Crippen LogP contribution in [0.2, 0.25) is 5.02 Å². The maximum Gasteiger partial charge on any atom is 0.320 e. The molecule has 1 unspecified atom stereocenters. The summed E-state index contributed by atoms with van der Waals surface area (Å²) in [5.41, 5.74) is 1.54. The zero-order valence-electron chi connectivity index (χ0n) is 11.1. The normalized spacial score (nSPS) is 15.7. The number of nitrogens with one attached hydrogen (secondary N) is 2. The van der Waals surface area contributed by atoms with Crippen LogP contribution in [0, 0.1) is 12.8 Å². The van der Waals surface area contributed by atoms with Crippen LogP contribution in [0.15, 0.2) is 18.2 Å². The molecule has 20 heavy (non-hydrogen) atoms. The number of rotatable bonds is 6. The number of benzene rings is 1. The lowest BCUT2D eigenvalue weighted by Crippen LogP contribution is -2.42. The Labute approximate surface area is 122 Å². The second-order valence-electron chi connectivity index (χ2n) is 5.05. The SMILES string of the molecule is Cc1ccc(NC(=O)CNC(C(=O)O)C2CC2)cc1Cl. The summed E-state index contributed by atoms with van der Waals surface area (Å²) in [7, 11) is 0. The lowest BCUT2D eigenvalue weighted by molar-refractivity contribution is -0.140. The largest absolute Gasteiger partial charge is 0.480 e. The minimum atomic E-state index is -0.904. The molecule has 1 aliphatic rings. The molecule has 6 heteroatoms. The van der Waals surface area contributed by atoms with Gasteiger partial charge in [0.2, 0.25) is 5.91 Å². The zero-order valence-corrected chi connectivity index (χ0v) is 11.9. The van der Waals surface area contributed by atoms with Crippen LogP contribution in [0.4, 0.5) is 5.69 Å². The summed E-state index contributed by atoms with van der Waals surface area (Å²) >= 11 is 5.97. The molecular formula is C14H17ClN2O3. The molecule has 1 aliphatic carbocycles. The van der Waals surface area contributed by atoms with Crippen molar-refractivity contribution in [3.63, 3.8) is 0 Å². The maximum atomic E-state index is 11.8. The molecule has 0 saturated heterocycles. The molecule has 3 N–H and O–H groups in total. The van der Waals surface area contributed by atoms with Crippen molar-refractivity contribution in [2.45, 2.75) is 25.8 Å². The van der Waals surface area contributed by atoms with E-state index in [1.165, 1.54) is 0 Å². The van der Waals surface area contributed by atoms with Crippen molar-refractivity contribution >= 4 is 29.2 Å². The molecule has 5 nitrogen and oxygen atoms in total. The second kappa shape index (κ2) is 6.24. The average Bonchev–Trinajstić information content (AvgIpc) is 3.18. The summed E-state index contributed by atoms with van der Waals surface area (Å²) in [6.45, 7) is 1.85.